The summed E-state index contributed by atoms with van der Waals surface area (Å²) in [4.78, 5) is -0.0166. The van der Waals surface area contributed by atoms with Gasteiger partial charge in [0.15, 0.2) is 11.5 Å². The first-order valence-corrected chi connectivity index (χ1v) is 12.7. The van der Waals surface area contributed by atoms with Crippen LogP contribution in [-0.4, -0.2) is 22.6 Å². The fourth-order valence-corrected chi connectivity index (χ4v) is 5.15. The summed E-state index contributed by atoms with van der Waals surface area (Å²) in [5.41, 5.74) is 0. The molecule has 1 aromatic heterocycles. The predicted octanol–water partition coefficient (Wildman–Crippen LogP) is 4.58. The van der Waals surface area contributed by atoms with Crippen molar-refractivity contribution in [3.63, 3.8) is 0 Å². The maximum absolute atomic E-state index is 12.3. The van der Waals surface area contributed by atoms with Gasteiger partial charge in [0.05, 0.1) is 5.75 Å². The molecule has 0 atom stereocenters. The highest BCUT2D eigenvalue weighted by Crippen LogP contribution is 2.35. The van der Waals surface area contributed by atoms with Gasteiger partial charge in [-0.2, -0.15) is 16.8 Å². The highest BCUT2D eigenvalue weighted by molar-refractivity contribution is 7.87. The Bertz CT molecular complexity index is 902. The van der Waals surface area contributed by atoms with E-state index in [0.717, 1.165) is 43.4 Å². The molecule has 0 aliphatic carbocycles. The van der Waals surface area contributed by atoms with Crippen LogP contribution in [-0.2, 0) is 20.2 Å². The zero-order chi connectivity index (χ0) is 19.8. The molecule has 1 heterocycles. The lowest BCUT2D eigenvalue weighted by Crippen LogP contribution is -2.15. The van der Waals surface area contributed by atoms with Crippen LogP contribution in [0.15, 0.2) is 46.0 Å². The fourth-order valence-electron chi connectivity index (χ4n) is 2.39. The van der Waals surface area contributed by atoms with Crippen molar-refractivity contribution >= 4 is 31.6 Å². The van der Waals surface area contributed by atoms with Gasteiger partial charge in [-0.25, -0.2) is 0 Å². The molecule has 0 fully saturated rings. The lowest BCUT2D eigenvalue weighted by Gasteiger charge is -2.09. The molecule has 0 amide bonds. The van der Waals surface area contributed by atoms with E-state index in [0.29, 0.717) is 6.42 Å². The van der Waals surface area contributed by atoms with Crippen LogP contribution in [0, 0.1) is 0 Å². The summed E-state index contributed by atoms with van der Waals surface area (Å²) in [5.74, 6) is -0.347. The van der Waals surface area contributed by atoms with Crippen molar-refractivity contribution in [3.8, 4) is 11.5 Å². The summed E-state index contributed by atoms with van der Waals surface area (Å²) in [7, 11) is -7.87. The summed E-state index contributed by atoms with van der Waals surface area (Å²) < 4.78 is 59.0. The van der Waals surface area contributed by atoms with Crippen LogP contribution < -0.4 is 8.37 Å². The van der Waals surface area contributed by atoms with Crippen molar-refractivity contribution in [3.05, 3.63) is 41.1 Å². The van der Waals surface area contributed by atoms with Crippen LogP contribution in [0.25, 0.3) is 0 Å². The summed E-state index contributed by atoms with van der Waals surface area (Å²) in [6.45, 7) is 2.12. The lowest BCUT2D eigenvalue weighted by molar-refractivity contribution is 0.450. The minimum atomic E-state index is -4.06. The largest absolute Gasteiger partial charge is 0.377 e. The van der Waals surface area contributed by atoms with Gasteiger partial charge in [0.25, 0.3) is 0 Å². The molecule has 0 bridgehead atoms. The van der Waals surface area contributed by atoms with E-state index >= 15 is 0 Å². The number of unbranched alkanes of at least 4 members (excludes halogenated alkanes) is 5. The van der Waals surface area contributed by atoms with Crippen molar-refractivity contribution in [1.82, 2.24) is 0 Å². The molecule has 0 aliphatic rings. The van der Waals surface area contributed by atoms with E-state index in [4.69, 9.17) is 8.37 Å². The van der Waals surface area contributed by atoms with Gasteiger partial charge >= 0.3 is 20.2 Å². The van der Waals surface area contributed by atoms with Crippen LogP contribution in [0.1, 0.15) is 45.4 Å². The molecule has 27 heavy (non-hydrogen) atoms. The van der Waals surface area contributed by atoms with Crippen molar-refractivity contribution in [1.29, 1.82) is 0 Å². The van der Waals surface area contributed by atoms with Crippen LogP contribution in [0.3, 0.4) is 0 Å². The Morgan fingerprint density at radius 1 is 0.815 bits per heavy atom. The molecule has 0 spiro atoms. The molecule has 2 aromatic rings. The van der Waals surface area contributed by atoms with Gasteiger partial charge in [-0.1, -0.05) is 57.2 Å². The quantitative estimate of drug-likeness (QED) is 0.360. The zero-order valence-electron chi connectivity index (χ0n) is 15.2. The molecule has 150 valence electrons. The van der Waals surface area contributed by atoms with E-state index in [1.54, 1.807) is 18.2 Å². The molecule has 0 unspecified atom stereocenters. The first-order chi connectivity index (χ1) is 12.8. The summed E-state index contributed by atoms with van der Waals surface area (Å²) in [6, 6.07) is 7.64. The van der Waals surface area contributed by atoms with Gasteiger partial charge in [-0.05, 0) is 18.6 Å². The van der Waals surface area contributed by atoms with E-state index in [9.17, 15) is 16.8 Å². The Kier molecular flexibility index (Phi) is 8.12. The second kappa shape index (κ2) is 10.1. The smallest absolute Gasteiger partial charge is 0.339 e. The molecule has 0 radical (unpaired) electrons. The van der Waals surface area contributed by atoms with Gasteiger partial charge in [0.2, 0.25) is 0 Å². The Morgan fingerprint density at radius 3 is 2.07 bits per heavy atom. The first-order valence-electron chi connectivity index (χ1n) is 8.82. The van der Waals surface area contributed by atoms with E-state index in [1.807, 2.05) is 0 Å². The third-order valence-corrected chi connectivity index (χ3v) is 6.96. The van der Waals surface area contributed by atoms with E-state index in [-0.39, 0.29) is 22.1 Å². The molecule has 0 saturated carbocycles. The van der Waals surface area contributed by atoms with Crippen molar-refractivity contribution < 1.29 is 25.2 Å². The van der Waals surface area contributed by atoms with Crippen LogP contribution in [0.4, 0.5) is 0 Å². The molecule has 0 saturated heterocycles. The van der Waals surface area contributed by atoms with Crippen LogP contribution in [0.2, 0.25) is 0 Å². The monoisotopic (exact) mass is 432 g/mol. The lowest BCUT2D eigenvalue weighted by atomic mass is 10.1. The topological polar surface area (TPSA) is 86.7 Å². The average molecular weight is 433 g/mol. The fraction of sp³-hybridized carbons (Fsp3) is 0.444. The number of hydrogen-bond acceptors (Lipinski definition) is 7. The molecule has 6 nitrogen and oxygen atoms in total. The molecule has 1 aromatic carbocycles. The average Bonchev–Trinajstić information content (AvgIpc) is 3.04. The highest BCUT2D eigenvalue weighted by Gasteiger charge is 2.22. The Balaban J connectivity index is 1.96. The maximum atomic E-state index is 12.3. The van der Waals surface area contributed by atoms with Gasteiger partial charge in [-0.3, -0.25) is 0 Å². The van der Waals surface area contributed by atoms with Gasteiger partial charge in [-0.15, -0.1) is 11.3 Å². The number of rotatable bonds is 12. The van der Waals surface area contributed by atoms with E-state index in [1.165, 1.54) is 22.9 Å². The number of thiophene rings is 1. The summed E-state index contributed by atoms with van der Waals surface area (Å²) in [5, 5.41) is 2.81. The SMILES string of the molecule is CCCCCCCCS(=O)(=O)Oc1cscc1OS(=O)(=O)c1ccccc1. The number of benzene rings is 1. The Morgan fingerprint density at radius 2 is 1.41 bits per heavy atom. The maximum Gasteiger partial charge on any atom is 0.339 e. The molecular formula is C18H24O6S3. The molecule has 9 heteroatoms. The Hall–Kier alpha value is -1.58. The molecule has 0 aliphatic heterocycles. The third-order valence-electron chi connectivity index (χ3n) is 3.79. The van der Waals surface area contributed by atoms with E-state index in [2.05, 4.69) is 6.92 Å². The number of hydrogen-bond donors (Lipinski definition) is 0. The van der Waals surface area contributed by atoms with Gasteiger partial charge < -0.3 is 8.37 Å². The summed E-state index contributed by atoms with van der Waals surface area (Å²) >= 11 is 1.10. The van der Waals surface area contributed by atoms with Crippen molar-refractivity contribution in [2.45, 2.75) is 50.3 Å². The van der Waals surface area contributed by atoms with Crippen LogP contribution in [0.5, 0.6) is 11.5 Å². The molecule has 2 rings (SSSR count). The first kappa shape index (κ1) is 21.7. The minimum absolute atomic E-state index is 0.0166. The Labute approximate surface area is 165 Å². The third kappa shape index (κ3) is 7.15. The van der Waals surface area contributed by atoms with Gasteiger partial charge in [0, 0.05) is 10.8 Å². The zero-order valence-corrected chi connectivity index (χ0v) is 17.6. The molecule has 0 N–H and O–H groups in total. The second-order valence-corrected chi connectivity index (χ2v) is 10.0. The highest BCUT2D eigenvalue weighted by atomic mass is 32.2. The summed E-state index contributed by atoms with van der Waals surface area (Å²) in [6.07, 6.45) is 5.69. The standard InChI is InChI=1S/C18H24O6S3/c1-2-3-4-5-6-10-13-26(19,20)23-17-14-25-15-18(17)24-27(21,22)16-11-8-7-9-12-16/h7-9,11-12,14-15H,2-6,10,13H2,1H3. The van der Waals surface area contributed by atoms with E-state index < -0.39 is 20.2 Å². The minimum Gasteiger partial charge on any atom is -0.377 e. The van der Waals surface area contributed by atoms with Gasteiger partial charge in [0.1, 0.15) is 4.90 Å². The predicted molar refractivity (Wildman–Crippen MR) is 106 cm³/mol. The molecular weight excluding hydrogens is 408 g/mol. The normalized spacial score (nSPS) is 12.0. The second-order valence-electron chi connectivity index (χ2n) is 6.06. The van der Waals surface area contributed by atoms with Crippen LogP contribution >= 0.6 is 11.3 Å². The van der Waals surface area contributed by atoms with Crippen molar-refractivity contribution in [2.24, 2.45) is 0 Å². The van der Waals surface area contributed by atoms with Crippen molar-refractivity contribution in [2.75, 3.05) is 5.75 Å².